The molecule has 1 atom stereocenters. The third kappa shape index (κ3) is 4.91. The van der Waals surface area contributed by atoms with Crippen molar-refractivity contribution in [3.8, 4) is 0 Å². The lowest BCUT2D eigenvalue weighted by molar-refractivity contribution is -0.121. The van der Waals surface area contributed by atoms with Crippen LogP contribution in [0.1, 0.15) is 31.2 Å². The van der Waals surface area contributed by atoms with E-state index < -0.39 is 0 Å². The number of nitrogens with one attached hydrogen (secondary N) is 1. The molecule has 1 aliphatic heterocycles. The van der Waals surface area contributed by atoms with Gasteiger partial charge in [0, 0.05) is 25.3 Å². The molecule has 1 heterocycles. The fourth-order valence-corrected chi connectivity index (χ4v) is 2.26. The lowest BCUT2D eigenvalue weighted by Gasteiger charge is -2.10. The first-order chi connectivity index (χ1) is 9.24. The Morgan fingerprint density at radius 3 is 2.84 bits per heavy atom. The first kappa shape index (κ1) is 13.9. The predicted molar refractivity (Wildman–Crippen MR) is 75.8 cm³/mol. The molecule has 0 aromatic heterocycles. The number of rotatable bonds is 6. The monoisotopic (exact) mass is 262 g/mol. The summed E-state index contributed by atoms with van der Waals surface area (Å²) in [6.45, 7) is 1.48. The van der Waals surface area contributed by atoms with E-state index in [1.165, 1.54) is 5.56 Å². The second-order valence-corrected chi connectivity index (χ2v) is 5.03. The summed E-state index contributed by atoms with van der Waals surface area (Å²) in [7, 11) is 0. The van der Waals surface area contributed by atoms with Crippen LogP contribution in [0.15, 0.2) is 24.3 Å². The topological polar surface area (TPSA) is 64.4 Å². The zero-order chi connectivity index (χ0) is 13.5. The highest BCUT2D eigenvalue weighted by Crippen LogP contribution is 2.11. The minimum Gasteiger partial charge on any atom is -0.399 e. The van der Waals surface area contributed by atoms with E-state index in [0.29, 0.717) is 13.0 Å². The molecule has 3 N–H and O–H groups in total. The average molecular weight is 262 g/mol. The fraction of sp³-hybridized carbons (Fsp3) is 0.533. The summed E-state index contributed by atoms with van der Waals surface area (Å²) in [5.41, 5.74) is 7.63. The van der Waals surface area contributed by atoms with Gasteiger partial charge in [0.05, 0.1) is 6.10 Å². The Kier molecular flexibility index (Phi) is 5.21. The maximum absolute atomic E-state index is 11.7. The molecule has 104 valence electrons. The summed E-state index contributed by atoms with van der Waals surface area (Å²) in [5.74, 6) is 0.117. The van der Waals surface area contributed by atoms with Crippen LogP contribution in [0.3, 0.4) is 0 Å². The lowest BCUT2D eigenvalue weighted by atomic mass is 10.1. The molecule has 4 heteroatoms. The number of nitrogen functional groups attached to an aromatic ring is 1. The third-order valence-corrected chi connectivity index (χ3v) is 3.40. The van der Waals surface area contributed by atoms with Gasteiger partial charge >= 0.3 is 0 Å². The highest BCUT2D eigenvalue weighted by molar-refractivity contribution is 5.75. The maximum atomic E-state index is 11.7. The first-order valence-corrected chi connectivity index (χ1v) is 6.97. The van der Waals surface area contributed by atoms with Crippen LogP contribution in [0, 0.1) is 0 Å². The van der Waals surface area contributed by atoms with Crippen LogP contribution in [-0.2, 0) is 16.0 Å². The number of hydrogen-bond donors (Lipinski definition) is 2. The summed E-state index contributed by atoms with van der Waals surface area (Å²) in [5, 5.41) is 2.94. The summed E-state index contributed by atoms with van der Waals surface area (Å²) in [6, 6.07) is 7.82. The molecule has 2 rings (SSSR count). The zero-order valence-corrected chi connectivity index (χ0v) is 11.2. The fourth-order valence-electron chi connectivity index (χ4n) is 2.26. The van der Waals surface area contributed by atoms with Crippen molar-refractivity contribution >= 4 is 11.6 Å². The number of carbonyl (C=O) groups excluding carboxylic acids is 1. The van der Waals surface area contributed by atoms with Crippen molar-refractivity contribution in [1.82, 2.24) is 5.32 Å². The largest absolute Gasteiger partial charge is 0.399 e. The highest BCUT2D eigenvalue weighted by atomic mass is 16.5. The lowest BCUT2D eigenvalue weighted by Crippen LogP contribution is -2.31. The van der Waals surface area contributed by atoms with E-state index in [2.05, 4.69) is 5.32 Å². The number of amides is 1. The van der Waals surface area contributed by atoms with Crippen LogP contribution >= 0.6 is 0 Å². The van der Waals surface area contributed by atoms with E-state index in [0.717, 1.165) is 38.0 Å². The number of aryl methyl sites for hydroxylation is 1. The van der Waals surface area contributed by atoms with Crippen LogP contribution < -0.4 is 11.1 Å². The molecule has 1 saturated heterocycles. The molecule has 1 fully saturated rings. The van der Waals surface area contributed by atoms with E-state index in [1.54, 1.807) is 0 Å². The smallest absolute Gasteiger partial charge is 0.220 e. The van der Waals surface area contributed by atoms with Crippen LogP contribution in [0.2, 0.25) is 0 Å². The van der Waals surface area contributed by atoms with Crippen molar-refractivity contribution in [2.75, 3.05) is 18.9 Å². The molecule has 1 amide bonds. The molecule has 0 saturated carbocycles. The average Bonchev–Trinajstić information content (AvgIpc) is 2.92. The van der Waals surface area contributed by atoms with Crippen molar-refractivity contribution in [3.63, 3.8) is 0 Å². The van der Waals surface area contributed by atoms with E-state index in [4.69, 9.17) is 10.5 Å². The van der Waals surface area contributed by atoms with Crippen molar-refractivity contribution in [1.29, 1.82) is 0 Å². The number of carbonyl (C=O) groups is 1. The molecule has 1 aromatic carbocycles. The normalized spacial score (nSPS) is 18.4. The zero-order valence-electron chi connectivity index (χ0n) is 11.2. The third-order valence-electron chi connectivity index (χ3n) is 3.40. The molecule has 19 heavy (non-hydrogen) atoms. The Morgan fingerprint density at radius 1 is 1.37 bits per heavy atom. The van der Waals surface area contributed by atoms with Crippen LogP contribution in [0.4, 0.5) is 5.69 Å². The molecule has 0 radical (unpaired) electrons. The molecule has 0 spiro atoms. The van der Waals surface area contributed by atoms with Gasteiger partial charge in [-0.25, -0.2) is 0 Å². The van der Waals surface area contributed by atoms with Gasteiger partial charge in [-0.3, -0.25) is 4.79 Å². The number of anilines is 1. The van der Waals surface area contributed by atoms with Gasteiger partial charge in [0.1, 0.15) is 0 Å². The second kappa shape index (κ2) is 7.14. The van der Waals surface area contributed by atoms with Gasteiger partial charge < -0.3 is 15.8 Å². The SMILES string of the molecule is Nc1ccc(CCCC(=O)NCC2CCCO2)cc1. The second-order valence-electron chi connectivity index (χ2n) is 5.03. The Labute approximate surface area is 114 Å². The van der Waals surface area contributed by atoms with Gasteiger partial charge in [-0.15, -0.1) is 0 Å². The summed E-state index contributed by atoms with van der Waals surface area (Å²) >= 11 is 0. The number of nitrogens with two attached hydrogens (primary N) is 1. The Bertz CT molecular complexity index is 397. The standard InChI is InChI=1S/C15H22N2O2/c16-13-8-6-12(7-9-13)3-1-5-15(18)17-11-14-4-2-10-19-14/h6-9,14H,1-5,10-11,16H2,(H,17,18). The number of hydrogen-bond acceptors (Lipinski definition) is 3. The van der Waals surface area contributed by atoms with Gasteiger partial charge in [-0.05, 0) is 43.4 Å². The first-order valence-electron chi connectivity index (χ1n) is 6.97. The van der Waals surface area contributed by atoms with Gasteiger partial charge in [-0.2, -0.15) is 0 Å². The van der Waals surface area contributed by atoms with E-state index in [9.17, 15) is 4.79 Å². The van der Waals surface area contributed by atoms with Gasteiger partial charge in [0.25, 0.3) is 0 Å². The molecule has 1 aliphatic rings. The van der Waals surface area contributed by atoms with Gasteiger partial charge in [0.2, 0.25) is 5.91 Å². The van der Waals surface area contributed by atoms with E-state index in [-0.39, 0.29) is 12.0 Å². The Hall–Kier alpha value is -1.55. The molecular formula is C15H22N2O2. The van der Waals surface area contributed by atoms with Crippen LogP contribution in [0.5, 0.6) is 0 Å². The molecule has 4 nitrogen and oxygen atoms in total. The highest BCUT2D eigenvalue weighted by Gasteiger charge is 2.15. The van der Waals surface area contributed by atoms with Crippen molar-refractivity contribution in [2.24, 2.45) is 0 Å². The summed E-state index contributed by atoms with van der Waals surface area (Å²) in [6.07, 6.45) is 4.73. The van der Waals surface area contributed by atoms with Gasteiger partial charge in [0.15, 0.2) is 0 Å². The predicted octanol–water partition coefficient (Wildman–Crippen LogP) is 1.89. The van der Waals surface area contributed by atoms with Crippen LogP contribution in [0.25, 0.3) is 0 Å². The van der Waals surface area contributed by atoms with Crippen LogP contribution in [-0.4, -0.2) is 25.2 Å². The van der Waals surface area contributed by atoms with Crippen molar-refractivity contribution in [2.45, 2.75) is 38.2 Å². The summed E-state index contributed by atoms with van der Waals surface area (Å²) in [4.78, 5) is 11.7. The molecular weight excluding hydrogens is 240 g/mol. The molecule has 1 aromatic rings. The Balaban J connectivity index is 1.59. The quantitative estimate of drug-likeness (QED) is 0.769. The van der Waals surface area contributed by atoms with E-state index >= 15 is 0 Å². The van der Waals surface area contributed by atoms with E-state index in [1.807, 2.05) is 24.3 Å². The minimum atomic E-state index is 0.117. The maximum Gasteiger partial charge on any atom is 0.220 e. The molecule has 1 unspecified atom stereocenters. The molecule has 0 bridgehead atoms. The summed E-state index contributed by atoms with van der Waals surface area (Å²) < 4.78 is 5.46. The van der Waals surface area contributed by atoms with Crippen molar-refractivity contribution in [3.05, 3.63) is 29.8 Å². The Morgan fingerprint density at radius 2 is 2.16 bits per heavy atom. The minimum absolute atomic E-state index is 0.117. The molecule has 0 aliphatic carbocycles. The van der Waals surface area contributed by atoms with Crippen molar-refractivity contribution < 1.29 is 9.53 Å². The van der Waals surface area contributed by atoms with Gasteiger partial charge in [-0.1, -0.05) is 12.1 Å². The number of ether oxygens (including phenoxy) is 1. The number of benzene rings is 1.